The highest BCUT2D eigenvalue weighted by Gasteiger charge is 2.38. The van der Waals surface area contributed by atoms with Crippen LogP contribution in [0.1, 0.15) is 32.8 Å². The molecule has 2 aromatic carbocycles. The molecule has 0 radical (unpaired) electrons. The van der Waals surface area contributed by atoms with Crippen LogP contribution in [0.25, 0.3) is 11.1 Å². The summed E-state index contributed by atoms with van der Waals surface area (Å²) in [6.07, 6.45) is -0.0338. The molecule has 3 rings (SSSR count). The Labute approximate surface area is 197 Å². The molecule has 0 saturated heterocycles. The summed E-state index contributed by atoms with van der Waals surface area (Å²) in [5, 5.41) is 9.76. The van der Waals surface area contributed by atoms with Gasteiger partial charge in [0.15, 0.2) is 0 Å². The van der Waals surface area contributed by atoms with Crippen LogP contribution >= 0.6 is 0 Å². The summed E-state index contributed by atoms with van der Waals surface area (Å²) in [6, 6.07) is 12.4. The summed E-state index contributed by atoms with van der Waals surface area (Å²) in [5.41, 5.74) is 2.92. The van der Waals surface area contributed by atoms with Crippen molar-refractivity contribution in [1.29, 1.82) is 0 Å². The van der Waals surface area contributed by atoms with E-state index in [4.69, 9.17) is 4.74 Å². The van der Waals surface area contributed by atoms with Crippen molar-refractivity contribution in [3.8, 4) is 16.9 Å². The van der Waals surface area contributed by atoms with E-state index in [1.165, 1.54) is 4.31 Å². The number of benzene rings is 2. The second-order valence-electron chi connectivity index (χ2n) is 8.84. The number of aliphatic hydroxyl groups is 1. The lowest BCUT2D eigenvalue weighted by Crippen LogP contribution is -2.50. The van der Waals surface area contributed by atoms with Gasteiger partial charge in [0.1, 0.15) is 16.7 Å². The van der Waals surface area contributed by atoms with Crippen LogP contribution < -0.4 is 4.74 Å². The number of hydrogen-bond donors (Lipinski definition) is 1. The van der Waals surface area contributed by atoms with Crippen molar-refractivity contribution in [1.82, 2.24) is 9.21 Å². The molecule has 1 amide bonds. The second-order valence-corrected chi connectivity index (χ2v) is 10.7. The highest BCUT2D eigenvalue weighted by molar-refractivity contribution is 7.89. The van der Waals surface area contributed by atoms with Crippen molar-refractivity contribution in [3.63, 3.8) is 0 Å². The van der Waals surface area contributed by atoms with Crippen LogP contribution in [0.4, 0.5) is 0 Å². The molecule has 2 aromatic rings. The number of rotatable bonds is 6. The summed E-state index contributed by atoms with van der Waals surface area (Å²) in [4.78, 5) is 13.9. The highest BCUT2D eigenvalue weighted by Crippen LogP contribution is 2.37. The van der Waals surface area contributed by atoms with Crippen molar-refractivity contribution in [2.75, 3.05) is 26.7 Å². The molecular weight excluding hydrogens is 440 g/mol. The minimum absolute atomic E-state index is 0.00468. The predicted molar refractivity (Wildman–Crippen MR) is 129 cm³/mol. The number of nitrogens with zero attached hydrogens (tertiary/aromatic N) is 2. The van der Waals surface area contributed by atoms with Crippen LogP contribution in [0.3, 0.4) is 0 Å². The summed E-state index contributed by atoms with van der Waals surface area (Å²) >= 11 is 0. The number of carbonyl (C=O) groups is 1. The van der Waals surface area contributed by atoms with Gasteiger partial charge in [-0.2, -0.15) is 4.31 Å². The van der Waals surface area contributed by atoms with Gasteiger partial charge >= 0.3 is 0 Å². The largest absolute Gasteiger partial charge is 0.487 e. The molecule has 3 atom stereocenters. The fourth-order valence-corrected chi connectivity index (χ4v) is 5.98. The quantitative estimate of drug-likeness (QED) is 0.694. The Bertz CT molecular complexity index is 1100. The van der Waals surface area contributed by atoms with E-state index >= 15 is 0 Å². The van der Waals surface area contributed by atoms with Crippen molar-refractivity contribution < 1.29 is 23.1 Å². The van der Waals surface area contributed by atoms with E-state index in [0.29, 0.717) is 13.0 Å². The molecule has 1 heterocycles. The van der Waals surface area contributed by atoms with Gasteiger partial charge in [0, 0.05) is 32.0 Å². The molecule has 0 unspecified atom stereocenters. The van der Waals surface area contributed by atoms with Crippen LogP contribution in [0.5, 0.6) is 5.75 Å². The lowest BCUT2D eigenvalue weighted by Gasteiger charge is -2.37. The predicted octanol–water partition coefficient (Wildman–Crippen LogP) is 3.30. The Morgan fingerprint density at radius 1 is 1.27 bits per heavy atom. The zero-order chi connectivity index (χ0) is 24.3. The zero-order valence-corrected chi connectivity index (χ0v) is 20.8. The van der Waals surface area contributed by atoms with Gasteiger partial charge in [0.25, 0.3) is 0 Å². The number of fused-ring (bicyclic) bond motifs is 1. The number of aliphatic hydroxyl groups excluding tert-OH is 1. The molecule has 1 aliphatic rings. The maximum Gasteiger partial charge on any atom is 0.247 e. The fourth-order valence-electron chi connectivity index (χ4n) is 4.15. The smallest absolute Gasteiger partial charge is 0.247 e. The van der Waals surface area contributed by atoms with Crippen molar-refractivity contribution >= 4 is 15.9 Å². The third-order valence-corrected chi connectivity index (χ3v) is 8.32. The van der Waals surface area contributed by atoms with Gasteiger partial charge in [-0.15, -0.1) is 0 Å². The van der Waals surface area contributed by atoms with Gasteiger partial charge in [-0.05, 0) is 42.7 Å². The maximum absolute atomic E-state index is 13.6. The molecule has 7 nitrogen and oxygen atoms in total. The van der Waals surface area contributed by atoms with Crippen LogP contribution in [-0.4, -0.2) is 67.5 Å². The summed E-state index contributed by atoms with van der Waals surface area (Å²) < 4.78 is 34.9. The molecule has 0 saturated carbocycles. The number of carbonyl (C=O) groups excluding carboxylic acids is 1. The topological polar surface area (TPSA) is 87.2 Å². The molecule has 0 aliphatic carbocycles. The van der Waals surface area contributed by atoms with Gasteiger partial charge in [-0.25, -0.2) is 8.42 Å². The van der Waals surface area contributed by atoms with Gasteiger partial charge in [-0.3, -0.25) is 4.79 Å². The highest BCUT2D eigenvalue weighted by atomic mass is 32.2. The number of ether oxygens (including phenoxy) is 1. The van der Waals surface area contributed by atoms with Crippen molar-refractivity contribution in [2.24, 2.45) is 5.92 Å². The Kier molecular flexibility index (Phi) is 7.82. The molecule has 1 aliphatic heterocycles. The van der Waals surface area contributed by atoms with E-state index in [2.05, 4.69) is 0 Å². The van der Waals surface area contributed by atoms with Crippen LogP contribution in [0.2, 0.25) is 0 Å². The van der Waals surface area contributed by atoms with Gasteiger partial charge in [0.2, 0.25) is 15.9 Å². The van der Waals surface area contributed by atoms with E-state index < -0.39 is 22.2 Å². The molecule has 1 N–H and O–H groups in total. The first-order chi connectivity index (χ1) is 15.6. The van der Waals surface area contributed by atoms with Gasteiger partial charge in [0.05, 0.1) is 13.2 Å². The SMILES string of the molecule is CCC(=O)N(C)C[C@@H]1Oc2cc(-c3ccccc3C)ccc2S(=O)(=O)N([C@H](C)CO)C[C@@H]1C. The van der Waals surface area contributed by atoms with E-state index in [1.807, 2.05) is 45.0 Å². The number of likely N-dealkylation sites (N-methyl/N-ethyl adjacent to an activating group) is 1. The molecule has 0 aromatic heterocycles. The lowest BCUT2D eigenvalue weighted by molar-refractivity contribution is -0.131. The third-order valence-electron chi connectivity index (χ3n) is 6.31. The molecule has 8 heteroatoms. The first-order valence-corrected chi connectivity index (χ1v) is 12.8. The number of amides is 1. The van der Waals surface area contributed by atoms with Crippen LogP contribution in [0.15, 0.2) is 47.4 Å². The Morgan fingerprint density at radius 2 is 1.97 bits per heavy atom. The lowest BCUT2D eigenvalue weighted by atomic mass is 10.00. The first-order valence-electron chi connectivity index (χ1n) is 11.3. The maximum atomic E-state index is 13.6. The van der Waals surface area contributed by atoms with E-state index in [1.54, 1.807) is 37.1 Å². The first kappa shape index (κ1) is 25.2. The monoisotopic (exact) mass is 474 g/mol. The van der Waals surface area contributed by atoms with Gasteiger partial charge < -0.3 is 14.7 Å². The van der Waals surface area contributed by atoms with E-state index in [-0.39, 0.29) is 35.6 Å². The minimum Gasteiger partial charge on any atom is -0.487 e. The van der Waals surface area contributed by atoms with Crippen molar-refractivity contribution in [2.45, 2.75) is 51.2 Å². The zero-order valence-electron chi connectivity index (χ0n) is 20.0. The Balaban J connectivity index is 2.14. The molecule has 0 fully saturated rings. The van der Waals surface area contributed by atoms with Gasteiger partial charge in [-0.1, -0.05) is 44.2 Å². The number of hydrogen-bond acceptors (Lipinski definition) is 5. The molecular formula is C25H34N2O5S. The molecule has 0 spiro atoms. The number of sulfonamides is 1. The average Bonchev–Trinajstić information content (AvgIpc) is 2.80. The van der Waals surface area contributed by atoms with Crippen molar-refractivity contribution in [3.05, 3.63) is 48.0 Å². The van der Waals surface area contributed by atoms with Crippen LogP contribution in [0, 0.1) is 12.8 Å². The summed E-state index contributed by atoms with van der Waals surface area (Å²) in [6.45, 7) is 7.65. The minimum atomic E-state index is -3.90. The number of aryl methyl sites for hydroxylation is 1. The Hall–Kier alpha value is -2.42. The molecule has 33 heavy (non-hydrogen) atoms. The summed E-state index contributed by atoms with van der Waals surface area (Å²) in [5.74, 6) is 0.0471. The Morgan fingerprint density at radius 3 is 2.61 bits per heavy atom. The summed E-state index contributed by atoms with van der Waals surface area (Å²) in [7, 11) is -2.17. The standard InChI is InChI=1S/C25H34N2O5S/c1-6-25(29)26(5)15-23-18(3)14-27(19(4)16-28)33(30,31)24-12-11-20(13-22(24)32-23)21-10-8-7-9-17(21)2/h7-13,18-19,23,28H,6,14-16H2,1-5H3/t18-,19+,23-/m0/s1. The molecule has 180 valence electrons. The van der Waals surface area contributed by atoms with E-state index in [9.17, 15) is 18.3 Å². The average molecular weight is 475 g/mol. The van der Waals surface area contributed by atoms with E-state index in [0.717, 1.165) is 16.7 Å². The third kappa shape index (κ3) is 5.23. The normalized spacial score (nSPS) is 21.3. The molecule has 0 bridgehead atoms. The fraction of sp³-hybridized carbons (Fsp3) is 0.480. The second kappa shape index (κ2) is 10.2. The van der Waals surface area contributed by atoms with Crippen LogP contribution in [-0.2, 0) is 14.8 Å².